The number of hydrogen-bond donors (Lipinski definition) is 2. The fourth-order valence-electron chi connectivity index (χ4n) is 2.47. The Labute approximate surface area is 119 Å². The maximum atomic E-state index is 12.4. The molecule has 3 rings (SSSR count). The number of fused-ring (bicyclic) bond motifs is 1. The molecule has 0 saturated heterocycles. The molecule has 8 nitrogen and oxygen atoms in total. The number of carbonyl (C=O) groups excluding carboxylic acids is 1. The SMILES string of the molecule is Nc1nonc1C(=O)N1Cc2ccccc2C(C(=O)O)C1. The van der Waals surface area contributed by atoms with Gasteiger partial charge in [-0.3, -0.25) is 9.59 Å². The van der Waals surface area contributed by atoms with Gasteiger partial charge >= 0.3 is 5.97 Å². The predicted molar refractivity (Wildman–Crippen MR) is 70.3 cm³/mol. The maximum absolute atomic E-state index is 12.4. The average molecular weight is 288 g/mol. The molecule has 0 spiro atoms. The van der Waals surface area contributed by atoms with Crippen LogP contribution in [-0.2, 0) is 11.3 Å². The summed E-state index contributed by atoms with van der Waals surface area (Å²) < 4.78 is 4.41. The number of amides is 1. The zero-order valence-corrected chi connectivity index (χ0v) is 10.9. The molecule has 1 amide bonds. The van der Waals surface area contributed by atoms with Gasteiger partial charge in [0.25, 0.3) is 5.91 Å². The molecular weight excluding hydrogens is 276 g/mol. The molecule has 0 saturated carbocycles. The van der Waals surface area contributed by atoms with Gasteiger partial charge in [0.05, 0.1) is 5.92 Å². The molecule has 2 aromatic rings. The van der Waals surface area contributed by atoms with E-state index in [4.69, 9.17) is 5.73 Å². The quantitative estimate of drug-likeness (QED) is 0.823. The van der Waals surface area contributed by atoms with E-state index in [0.717, 1.165) is 11.1 Å². The molecule has 108 valence electrons. The molecule has 1 aliphatic rings. The van der Waals surface area contributed by atoms with Crippen LogP contribution >= 0.6 is 0 Å². The molecule has 1 aliphatic heterocycles. The van der Waals surface area contributed by atoms with Crippen LogP contribution in [0.2, 0.25) is 0 Å². The number of aromatic nitrogens is 2. The van der Waals surface area contributed by atoms with Gasteiger partial charge in [-0.2, -0.15) is 0 Å². The Kier molecular flexibility index (Phi) is 3.05. The molecule has 21 heavy (non-hydrogen) atoms. The molecule has 1 atom stereocenters. The van der Waals surface area contributed by atoms with Crippen LogP contribution < -0.4 is 5.73 Å². The van der Waals surface area contributed by atoms with Crippen LogP contribution in [0.5, 0.6) is 0 Å². The zero-order valence-electron chi connectivity index (χ0n) is 10.9. The van der Waals surface area contributed by atoms with E-state index in [2.05, 4.69) is 14.9 Å². The lowest BCUT2D eigenvalue weighted by Gasteiger charge is -2.32. The third kappa shape index (κ3) is 2.20. The fraction of sp³-hybridized carbons (Fsp3) is 0.231. The van der Waals surface area contributed by atoms with Crippen LogP contribution in [-0.4, -0.2) is 38.7 Å². The number of rotatable bonds is 2. The molecule has 1 aromatic carbocycles. The number of nitrogens with zero attached hydrogens (tertiary/aromatic N) is 3. The molecule has 0 fully saturated rings. The van der Waals surface area contributed by atoms with Crippen LogP contribution in [0.25, 0.3) is 0 Å². The normalized spacial score (nSPS) is 17.3. The minimum absolute atomic E-state index is 0.0531. The van der Waals surface area contributed by atoms with Gasteiger partial charge in [0.15, 0.2) is 0 Å². The summed E-state index contributed by atoms with van der Waals surface area (Å²) >= 11 is 0. The number of benzene rings is 1. The van der Waals surface area contributed by atoms with Crippen LogP contribution in [0.4, 0.5) is 5.82 Å². The molecule has 0 radical (unpaired) electrons. The van der Waals surface area contributed by atoms with E-state index in [1.807, 2.05) is 0 Å². The van der Waals surface area contributed by atoms with E-state index in [9.17, 15) is 14.7 Å². The van der Waals surface area contributed by atoms with Gasteiger partial charge in [-0.15, -0.1) is 0 Å². The molecule has 1 unspecified atom stereocenters. The second-order valence-electron chi connectivity index (χ2n) is 4.77. The number of aliphatic carboxylic acids is 1. The van der Waals surface area contributed by atoms with Crippen molar-refractivity contribution in [1.82, 2.24) is 15.2 Å². The summed E-state index contributed by atoms with van der Waals surface area (Å²) in [4.78, 5) is 25.2. The van der Waals surface area contributed by atoms with E-state index < -0.39 is 17.8 Å². The standard InChI is InChI=1S/C13H12N4O4/c14-11-10(15-21-16-11)12(18)17-5-7-3-1-2-4-8(7)9(6-17)13(19)20/h1-4,9H,5-6H2,(H2,14,16)(H,19,20). The lowest BCUT2D eigenvalue weighted by molar-refractivity contribution is -0.139. The van der Waals surface area contributed by atoms with Crippen molar-refractivity contribution in [3.63, 3.8) is 0 Å². The topological polar surface area (TPSA) is 123 Å². The molecule has 3 N–H and O–H groups in total. The van der Waals surface area contributed by atoms with Gasteiger partial charge in [-0.1, -0.05) is 24.3 Å². The van der Waals surface area contributed by atoms with E-state index >= 15 is 0 Å². The lowest BCUT2D eigenvalue weighted by atomic mass is 9.89. The maximum Gasteiger partial charge on any atom is 0.312 e. The first-order chi connectivity index (χ1) is 10.1. The Morgan fingerprint density at radius 2 is 2.10 bits per heavy atom. The van der Waals surface area contributed by atoms with Crippen molar-refractivity contribution in [2.75, 3.05) is 12.3 Å². The van der Waals surface area contributed by atoms with Crippen LogP contribution in [0, 0.1) is 0 Å². The van der Waals surface area contributed by atoms with E-state index in [-0.39, 0.29) is 18.1 Å². The summed E-state index contributed by atoms with van der Waals surface area (Å²) in [7, 11) is 0. The van der Waals surface area contributed by atoms with Crippen molar-refractivity contribution < 1.29 is 19.3 Å². The van der Waals surface area contributed by atoms with Gasteiger partial charge in [0.2, 0.25) is 11.5 Å². The summed E-state index contributed by atoms with van der Waals surface area (Å²) in [5.74, 6) is -2.36. The van der Waals surface area contributed by atoms with Gasteiger partial charge < -0.3 is 15.7 Å². The van der Waals surface area contributed by atoms with Crippen molar-refractivity contribution in [3.05, 3.63) is 41.1 Å². The Morgan fingerprint density at radius 3 is 2.76 bits per heavy atom. The summed E-state index contributed by atoms with van der Waals surface area (Å²) in [5.41, 5.74) is 6.92. The summed E-state index contributed by atoms with van der Waals surface area (Å²) in [5, 5.41) is 16.2. The zero-order chi connectivity index (χ0) is 15.0. The number of hydrogen-bond acceptors (Lipinski definition) is 6. The minimum atomic E-state index is -0.980. The second kappa shape index (κ2) is 4.89. The van der Waals surface area contributed by atoms with E-state index in [1.165, 1.54) is 4.90 Å². The van der Waals surface area contributed by atoms with Crippen LogP contribution in [0.1, 0.15) is 27.5 Å². The number of nitrogen functional groups attached to an aromatic ring is 1. The molecule has 0 bridgehead atoms. The Hall–Kier alpha value is -2.90. The Balaban J connectivity index is 1.95. The highest BCUT2D eigenvalue weighted by atomic mass is 16.6. The highest BCUT2D eigenvalue weighted by Crippen LogP contribution is 2.29. The van der Waals surface area contributed by atoms with Crippen molar-refractivity contribution in [3.8, 4) is 0 Å². The summed E-state index contributed by atoms with van der Waals surface area (Å²) in [6, 6.07) is 7.15. The summed E-state index contributed by atoms with van der Waals surface area (Å²) in [6.45, 7) is 0.350. The number of carbonyl (C=O) groups is 2. The first kappa shape index (κ1) is 13.1. The van der Waals surface area contributed by atoms with Crippen molar-refractivity contribution in [1.29, 1.82) is 0 Å². The van der Waals surface area contributed by atoms with Crippen molar-refractivity contribution in [2.24, 2.45) is 0 Å². The average Bonchev–Trinajstić information content (AvgIpc) is 2.91. The van der Waals surface area contributed by atoms with Gasteiger partial charge in [0.1, 0.15) is 0 Å². The second-order valence-corrected chi connectivity index (χ2v) is 4.77. The highest BCUT2D eigenvalue weighted by molar-refractivity contribution is 5.96. The monoisotopic (exact) mass is 288 g/mol. The van der Waals surface area contributed by atoms with Crippen molar-refractivity contribution >= 4 is 17.7 Å². The first-order valence-electron chi connectivity index (χ1n) is 6.26. The van der Waals surface area contributed by atoms with Gasteiger partial charge in [-0.25, -0.2) is 4.63 Å². The summed E-state index contributed by atoms with van der Waals surface area (Å²) in [6.07, 6.45) is 0. The van der Waals surface area contributed by atoms with E-state index in [1.54, 1.807) is 24.3 Å². The van der Waals surface area contributed by atoms with Crippen molar-refractivity contribution in [2.45, 2.75) is 12.5 Å². The number of carboxylic acids is 1. The fourth-order valence-corrected chi connectivity index (χ4v) is 2.47. The number of nitrogens with two attached hydrogens (primary N) is 1. The third-order valence-electron chi connectivity index (χ3n) is 3.50. The Bertz CT molecular complexity index is 712. The smallest absolute Gasteiger partial charge is 0.312 e. The molecule has 1 aromatic heterocycles. The predicted octanol–water partition coefficient (Wildman–Crippen LogP) is 0.476. The number of carboxylic acid groups (broad SMARTS) is 1. The van der Waals surface area contributed by atoms with E-state index in [0.29, 0.717) is 6.54 Å². The van der Waals surface area contributed by atoms with Crippen LogP contribution in [0.15, 0.2) is 28.9 Å². The molecule has 0 aliphatic carbocycles. The van der Waals surface area contributed by atoms with Gasteiger partial charge in [-0.05, 0) is 21.4 Å². The highest BCUT2D eigenvalue weighted by Gasteiger charge is 2.34. The Morgan fingerprint density at radius 1 is 1.33 bits per heavy atom. The number of anilines is 1. The van der Waals surface area contributed by atoms with Gasteiger partial charge in [0, 0.05) is 13.1 Å². The van der Waals surface area contributed by atoms with Crippen LogP contribution in [0.3, 0.4) is 0 Å². The largest absolute Gasteiger partial charge is 0.481 e. The molecular formula is C13H12N4O4. The molecule has 8 heteroatoms. The minimum Gasteiger partial charge on any atom is -0.481 e. The first-order valence-corrected chi connectivity index (χ1v) is 6.26. The lowest BCUT2D eigenvalue weighted by Crippen LogP contribution is -2.41. The third-order valence-corrected chi connectivity index (χ3v) is 3.50. The molecule has 2 heterocycles.